The van der Waals surface area contributed by atoms with Gasteiger partial charge in [0.25, 0.3) is 0 Å². The van der Waals surface area contributed by atoms with Gasteiger partial charge in [-0.2, -0.15) is 0 Å². The fourth-order valence-electron chi connectivity index (χ4n) is 7.67. The van der Waals surface area contributed by atoms with Crippen molar-refractivity contribution in [1.29, 1.82) is 0 Å². The molecule has 0 spiro atoms. The third kappa shape index (κ3) is 9.19. The Morgan fingerprint density at radius 3 is 1.73 bits per heavy atom. The molecule has 0 amide bonds. The maximum atomic E-state index is 14.3. The van der Waals surface area contributed by atoms with Gasteiger partial charge in [-0.1, -0.05) is 0 Å². The van der Waals surface area contributed by atoms with Crippen LogP contribution < -0.4 is 10.2 Å². The van der Waals surface area contributed by atoms with Crippen LogP contribution in [0.3, 0.4) is 0 Å². The molecule has 4 aliphatic heterocycles. The lowest BCUT2D eigenvalue weighted by Gasteiger charge is -2.49. The summed E-state index contributed by atoms with van der Waals surface area (Å²) >= 11 is 0. The minimum atomic E-state index is -2.13. The van der Waals surface area contributed by atoms with E-state index in [1.807, 2.05) is 0 Å². The fraction of sp³-hybridized carbons (Fsp3) is 0.615. The van der Waals surface area contributed by atoms with Crippen LogP contribution in [0.4, 0.5) is 0 Å². The van der Waals surface area contributed by atoms with Crippen LogP contribution in [-0.4, -0.2) is 208 Å². The Balaban J connectivity index is 1.26. The monoisotopic (exact) mass is 902 g/mol. The molecule has 0 saturated carbocycles. The van der Waals surface area contributed by atoms with Crippen molar-refractivity contribution in [2.45, 2.75) is 137 Å². The van der Waals surface area contributed by atoms with Crippen molar-refractivity contribution in [3.8, 4) is 34.3 Å². The van der Waals surface area contributed by atoms with Crippen molar-refractivity contribution in [3.05, 3.63) is 46.6 Å². The zero-order chi connectivity index (χ0) is 45.8. The number of fused-ring (bicyclic) bond motifs is 1. The highest BCUT2D eigenvalue weighted by atomic mass is 16.8. The zero-order valence-electron chi connectivity index (χ0n) is 33.3. The number of aliphatic hydroxyl groups excluding tert-OH is 11. The normalized spacial score (nSPS) is 41.1. The third-order valence-corrected chi connectivity index (χ3v) is 11.4. The molecular formula is C39H50O24. The zero-order valence-corrected chi connectivity index (χ0v) is 33.3. The topological polar surface area (TPSA) is 387 Å². The number of phenols is 3. The molecule has 4 fully saturated rings. The van der Waals surface area contributed by atoms with E-state index in [-0.39, 0.29) is 22.7 Å². The summed E-state index contributed by atoms with van der Waals surface area (Å²) in [6.45, 7) is 0.996. The maximum absolute atomic E-state index is 14.3. The van der Waals surface area contributed by atoms with Crippen LogP contribution >= 0.6 is 0 Å². The molecule has 0 bridgehead atoms. The van der Waals surface area contributed by atoms with Crippen molar-refractivity contribution >= 4 is 11.0 Å². The molecule has 3 aromatic rings. The molecule has 7 rings (SSSR count). The van der Waals surface area contributed by atoms with Crippen LogP contribution in [0.25, 0.3) is 22.3 Å². The van der Waals surface area contributed by atoms with E-state index in [0.717, 1.165) is 12.1 Å². The lowest BCUT2D eigenvalue weighted by atomic mass is 9.96. The van der Waals surface area contributed by atoms with E-state index in [9.17, 15) is 76.3 Å². The van der Waals surface area contributed by atoms with Gasteiger partial charge in [-0.05, 0) is 38.1 Å². The molecule has 24 nitrogen and oxygen atoms in total. The Morgan fingerprint density at radius 2 is 1.11 bits per heavy atom. The van der Waals surface area contributed by atoms with Crippen LogP contribution in [0.1, 0.15) is 13.8 Å². The van der Waals surface area contributed by atoms with Gasteiger partial charge in [0, 0.05) is 17.7 Å². The minimum absolute atomic E-state index is 0.0762. The highest BCUT2D eigenvalue weighted by Gasteiger charge is 2.55. The van der Waals surface area contributed by atoms with Crippen LogP contribution in [0.15, 0.2) is 45.6 Å². The molecular weight excluding hydrogens is 852 g/mol. The summed E-state index contributed by atoms with van der Waals surface area (Å²) in [6, 6.07) is 6.95. The van der Waals surface area contributed by atoms with Gasteiger partial charge in [-0.25, -0.2) is 0 Å². The van der Waals surface area contributed by atoms with E-state index in [2.05, 4.69) is 0 Å². The number of benzene rings is 2. The minimum Gasteiger partial charge on any atom is -0.508 e. The summed E-state index contributed by atoms with van der Waals surface area (Å²) < 4.78 is 52.5. The van der Waals surface area contributed by atoms with Crippen molar-refractivity contribution in [1.82, 2.24) is 0 Å². The van der Waals surface area contributed by atoms with Gasteiger partial charge < -0.3 is 114 Å². The Morgan fingerprint density at radius 1 is 0.571 bits per heavy atom. The third-order valence-electron chi connectivity index (χ3n) is 11.4. The Bertz CT molecular complexity index is 2090. The molecule has 2 aromatic carbocycles. The predicted molar refractivity (Wildman–Crippen MR) is 202 cm³/mol. The van der Waals surface area contributed by atoms with Crippen LogP contribution in [0.2, 0.25) is 0 Å². The number of hydrogen-bond donors (Lipinski definition) is 14. The molecule has 63 heavy (non-hydrogen) atoms. The second-order valence-electron chi connectivity index (χ2n) is 15.7. The van der Waals surface area contributed by atoms with Gasteiger partial charge >= 0.3 is 0 Å². The Labute approximate surface area is 355 Å². The number of aliphatic hydroxyl groups is 11. The molecule has 1 aromatic heterocycles. The molecule has 14 N–H and O–H groups in total. The molecule has 0 radical (unpaired) electrons. The lowest BCUT2D eigenvalue weighted by Crippen LogP contribution is -2.67. The van der Waals surface area contributed by atoms with E-state index in [1.165, 1.54) is 38.1 Å². The summed E-state index contributed by atoms with van der Waals surface area (Å²) in [5.74, 6) is -2.56. The van der Waals surface area contributed by atoms with Gasteiger partial charge in [0.15, 0.2) is 30.7 Å². The Hall–Kier alpha value is -3.87. The summed E-state index contributed by atoms with van der Waals surface area (Å²) in [6.07, 6.45) is -35.8. The van der Waals surface area contributed by atoms with Crippen molar-refractivity contribution in [2.24, 2.45) is 0 Å². The van der Waals surface area contributed by atoms with E-state index in [1.54, 1.807) is 0 Å². The highest BCUT2D eigenvalue weighted by Crippen LogP contribution is 2.40. The van der Waals surface area contributed by atoms with Gasteiger partial charge in [-0.15, -0.1) is 0 Å². The molecule has 4 saturated heterocycles. The SMILES string of the molecule is CC1OC(OCC2OC(OC3C(O)C(CO)OC(Oc4c(-c5ccc(O)cc5)oc5cc(O)cc(O)c5c4=O)C3OC3OC(C)C(O)C(O)C3O)C(O)C(O)C2O)C(O)C(O)C1O. The number of rotatable bonds is 11. The van der Waals surface area contributed by atoms with Crippen LogP contribution in [-0.2, 0) is 33.2 Å². The molecule has 5 heterocycles. The lowest BCUT2D eigenvalue weighted by molar-refractivity contribution is -0.385. The summed E-state index contributed by atoms with van der Waals surface area (Å²) in [5.41, 5.74) is -1.34. The molecule has 24 heteroatoms. The maximum Gasteiger partial charge on any atom is 0.239 e. The van der Waals surface area contributed by atoms with E-state index >= 15 is 0 Å². The Kier molecular flexibility index (Phi) is 14.1. The fourth-order valence-corrected chi connectivity index (χ4v) is 7.67. The van der Waals surface area contributed by atoms with Gasteiger partial charge in [0.2, 0.25) is 17.5 Å². The standard InChI is InChI=1S/C39H50O24/c1-11-21(44)26(49)29(52)36(56-11)55-10-19-23(46)28(51)31(54)38(60-19)61-33-24(47)18(9-40)59-39(35(33)63-37-30(53)27(50)22(45)12(2)57-37)62-34-25(48)20-16(43)7-15(42)8-17(20)58-32(34)13-3-5-14(41)6-4-13/h3-8,11-12,18-19,21-24,26-31,33,35-47,49-54H,9-10H2,1-2H3. The second kappa shape index (κ2) is 18.9. The largest absolute Gasteiger partial charge is 0.508 e. The number of phenolic OH excluding ortho intramolecular Hbond substituents is 3. The number of aromatic hydroxyl groups is 3. The van der Waals surface area contributed by atoms with E-state index in [4.69, 9.17) is 42.3 Å². The molecule has 20 unspecified atom stereocenters. The van der Waals surface area contributed by atoms with Crippen molar-refractivity contribution in [2.75, 3.05) is 13.2 Å². The summed E-state index contributed by atoms with van der Waals surface area (Å²) in [7, 11) is 0. The van der Waals surface area contributed by atoms with Gasteiger partial charge in [0.05, 0.1) is 25.4 Å². The van der Waals surface area contributed by atoms with Crippen molar-refractivity contribution in [3.63, 3.8) is 0 Å². The summed E-state index contributed by atoms with van der Waals surface area (Å²) in [4.78, 5) is 14.3. The van der Waals surface area contributed by atoms with E-state index in [0.29, 0.717) is 0 Å². The van der Waals surface area contributed by atoms with E-state index < -0.39 is 164 Å². The van der Waals surface area contributed by atoms with Crippen LogP contribution in [0.5, 0.6) is 23.0 Å². The highest BCUT2D eigenvalue weighted by molar-refractivity contribution is 5.88. The average molecular weight is 903 g/mol. The smallest absolute Gasteiger partial charge is 0.239 e. The van der Waals surface area contributed by atoms with Gasteiger partial charge in [0.1, 0.15) is 108 Å². The van der Waals surface area contributed by atoms with Crippen molar-refractivity contribution < 1.29 is 114 Å². The number of hydrogen-bond acceptors (Lipinski definition) is 24. The first-order valence-corrected chi connectivity index (χ1v) is 19.8. The molecule has 20 atom stereocenters. The quantitative estimate of drug-likeness (QED) is 0.0859. The molecule has 0 aliphatic carbocycles. The molecule has 350 valence electrons. The number of ether oxygens (including phenoxy) is 8. The van der Waals surface area contributed by atoms with Gasteiger partial charge in [-0.3, -0.25) is 4.79 Å². The summed E-state index contributed by atoms with van der Waals surface area (Å²) in [5, 5.41) is 148. The first-order chi connectivity index (χ1) is 29.8. The molecule has 4 aliphatic rings. The average Bonchev–Trinajstić information content (AvgIpc) is 3.25. The second-order valence-corrected chi connectivity index (χ2v) is 15.7. The first kappa shape index (κ1) is 47.1. The predicted octanol–water partition coefficient (Wildman–Crippen LogP) is -4.72. The van der Waals surface area contributed by atoms with Crippen LogP contribution in [0, 0.1) is 0 Å². The first-order valence-electron chi connectivity index (χ1n) is 19.8.